The lowest BCUT2D eigenvalue weighted by atomic mass is 10.1. The van der Waals surface area contributed by atoms with Crippen LogP contribution in [-0.4, -0.2) is 24.7 Å². The predicted molar refractivity (Wildman–Crippen MR) is 97.6 cm³/mol. The van der Waals surface area contributed by atoms with Crippen LogP contribution in [0.15, 0.2) is 42.0 Å². The van der Waals surface area contributed by atoms with E-state index in [-0.39, 0.29) is 5.82 Å². The lowest BCUT2D eigenvalue weighted by molar-refractivity contribution is 0.625. The monoisotopic (exact) mass is 339 g/mol. The van der Waals surface area contributed by atoms with Gasteiger partial charge in [0.2, 0.25) is 0 Å². The van der Waals surface area contributed by atoms with Gasteiger partial charge in [-0.05, 0) is 59.4 Å². The maximum Gasteiger partial charge on any atom is 0.147 e. The standard InChI is InChI=1S/C19H18FN3S/c20-16-9-14-4-8-24-19(14)10-17(16)22-6-7-23(12-22)18-11-21-5-3-15(18)13-1-2-13/h3-5,8-11,13H,1-2,6-7,12H2. The van der Waals surface area contributed by atoms with E-state index in [0.717, 1.165) is 29.8 Å². The number of hydrogen-bond acceptors (Lipinski definition) is 4. The summed E-state index contributed by atoms with van der Waals surface area (Å²) in [5, 5.41) is 3.00. The number of nitrogens with zero attached hydrogens (tertiary/aromatic N) is 3. The number of hydrogen-bond donors (Lipinski definition) is 0. The van der Waals surface area contributed by atoms with Crippen LogP contribution in [0.3, 0.4) is 0 Å². The zero-order chi connectivity index (χ0) is 16.1. The first-order chi connectivity index (χ1) is 11.8. The molecule has 1 aromatic carbocycles. The highest BCUT2D eigenvalue weighted by Crippen LogP contribution is 2.44. The van der Waals surface area contributed by atoms with Gasteiger partial charge in [-0.2, -0.15) is 0 Å². The Labute approximate surface area is 144 Å². The van der Waals surface area contributed by atoms with E-state index in [1.54, 1.807) is 17.4 Å². The molecule has 0 bridgehead atoms. The quantitative estimate of drug-likeness (QED) is 0.695. The highest BCUT2D eigenvalue weighted by atomic mass is 32.1. The molecule has 2 aliphatic rings. The zero-order valence-electron chi connectivity index (χ0n) is 13.3. The zero-order valence-corrected chi connectivity index (χ0v) is 14.1. The fourth-order valence-corrected chi connectivity index (χ4v) is 4.40. The van der Waals surface area contributed by atoms with Crippen LogP contribution in [-0.2, 0) is 0 Å². The third kappa shape index (κ3) is 2.35. The molecule has 3 aromatic rings. The van der Waals surface area contributed by atoms with Crippen LogP contribution in [0.2, 0.25) is 0 Å². The van der Waals surface area contributed by atoms with Gasteiger partial charge in [-0.3, -0.25) is 4.98 Å². The Bertz CT molecular complexity index is 903. The van der Waals surface area contributed by atoms with E-state index in [0.29, 0.717) is 11.6 Å². The van der Waals surface area contributed by atoms with E-state index in [1.165, 1.54) is 24.1 Å². The van der Waals surface area contributed by atoms with E-state index >= 15 is 0 Å². The smallest absolute Gasteiger partial charge is 0.147 e. The van der Waals surface area contributed by atoms with Crippen LogP contribution in [0.5, 0.6) is 0 Å². The molecule has 0 N–H and O–H groups in total. The Morgan fingerprint density at radius 1 is 1.08 bits per heavy atom. The van der Waals surface area contributed by atoms with Gasteiger partial charge in [-0.15, -0.1) is 11.3 Å². The van der Waals surface area contributed by atoms with Crippen molar-refractivity contribution in [1.29, 1.82) is 0 Å². The summed E-state index contributed by atoms with van der Waals surface area (Å²) in [6.45, 7) is 2.47. The molecule has 5 heteroatoms. The summed E-state index contributed by atoms with van der Waals surface area (Å²) in [4.78, 5) is 8.79. The Balaban J connectivity index is 1.45. The Morgan fingerprint density at radius 2 is 1.92 bits per heavy atom. The number of anilines is 2. The van der Waals surface area contributed by atoms with E-state index in [2.05, 4.69) is 20.9 Å². The number of rotatable bonds is 3. The average molecular weight is 339 g/mol. The topological polar surface area (TPSA) is 19.4 Å². The molecule has 3 nitrogen and oxygen atoms in total. The van der Waals surface area contributed by atoms with E-state index in [1.807, 2.05) is 29.9 Å². The maximum absolute atomic E-state index is 14.5. The molecule has 0 unspecified atom stereocenters. The van der Waals surface area contributed by atoms with Gasteiger partial charge in [-0.25, -0.2) is 4.39 Å². The molecule has 3 heterocycles. The number of pyridine rings is 1. The lowest BCUT2D eigenvalue weighted by Crippen LogP contribution is -2.26. The first-order valence-electron chi connectivity index (χ1n) is 8.40. The van der Waals surface area contributed by atoms with Crippen molar-refractivity contribution in [3.05, 3.63) is 53.4 Å². The summed E-state index contributed by atoms with van der Waals surface area (Å²) >= 11 is 1.66. The van der Waals surface area contributed by atoms with Crippen molar-refractivity contribution in [2.24, 2.45) is 0 Å². The van der Waals surface area contributed by atoms with Crippen LogP contribution in [0, 0.1) is 5.82 Å². The highest BCUT2D eigenvalue weighted by Gasteiger charge is 2.30. The van der Waals surface area contributed by atoms with Gasteiger partial charge in [0.1, 0.15) is 5.82 Å². The second kappa shape index (κ2) is 5.45. The molecule has 0 amide bonds. The van der Waals surface area contributed by atoms with Gasteiger partial charge in [0.25, 0.3) is 0 Å². The minimum Gasteiger partial charge on any atom is -0.351 e. The van der Waals surface area contributed by atoms with Gasteiger partial charge < -0.3 is 9.80 Å². The summed E-state index contributed by atoms with van der Waals surface area (Å²) < 4.78 is 15.7. The van der Waals surface area contributed by atoms with Gasteiger partial charge in [0, 0.05) is 24.0 Å². The first-order valence-corrected chi connectivity index (χ1v) is 9.28. The van der Waals surface area contributed by atoms with Crippen LogP contribution in [0.4, 0.5) is 15.8 Å². The molecule has 0 radical (unpaired) electrons. The Kier molecular flexibility index (Phi) is 3.23. The molecule has 1 saturated heterocycles. The predicted octanol–water partition coefficient (Wildman–Crippen LogP) is 4.60. The third-order valence-electron chi connectivity index (χ3n) is 5.03. The van der Waals surface area contributed by atoms with E-state index in [4.69, 9.17) is 0 Å². The summed E-state index contributed by atoms with van der Waals surface area (Å²) in [6, 6.07) is 7.77. The van der Waals surface area contributed by atoms with Crippen LogP contribution in [0.25, 0.3) is 10.1 Å². The fraction of sp³-hybridized carbons (Fsp3) is 0.316. The maximum atomic E-state index is 14.5. The molecule has 0 atom stereocenters. The normalized spacial score (nSPS) is 17.9. The molecular weight excluding hydrogens is 321 g/mol. The second-order valence-electron chi connectivity index (χ2n) is 6.64. The molecule has 2 aromatic heterocycles. The van der Waals surface area contributed by atoms with Crippen molar-refractivity contribution in [2.75, 3.05) is 29.6 Å². The van der Waals surface area contributed by atoms with Crippen molar-refractivity contribution in [3.63, 3.8) is 0 Å². The van der Waals surface area contributed by atoms with Crippen LogP contribution in [0.1, 0.15) is 24.3 Å². The molecule has 0 spiro atoms. The largest absolute Gasteiger partial charge is 0.351 e. The summed E-state index contributed by atoms with van der Waals surface area (Å²) in [5.74, 6) is 0.563. The van der Waals surface area contributed by atoms with Crippen molar-refractivity contribution in [2.45, 2.75) is 18.8 Å². The van der Waals surface area contributed by atoms with Crippen molar-refractivity contribution in [3.8, 4) is 0 Å². The molecule has 2 fully saturated rings. The molecule has 24 heavy (non-hydrogen) atoms. The third-order valence-corrected chi connectivity index (χ3v) is 5.91. The van der Waals surface area contributed by atoms with Crippen molar-refractivity contribution < 1.29 is 4.39 Å². The van der Waals surface area contributed by atoms with Gasteiger partial charge in [-0.1, -0.05) is 0 Å². The number of halogens is 1. The Morgan fingerprint density at radius 3 is 2.75 bits per heavy atom. The first kappa shape index (κ1) is 14.2. The molecule has 5 rings (SSSR count). The SMILES string of the molecule is Fc1cc2ccsc2cc1N1CCN(c2cnccc2C2CC2)C1. The van der Waals surface area contributed by atoms with Crippen molar-refractivity contribution in [1.82, 2.24) is 4.98 Å². The van der Waals surface area contributed by atoms with Crippen LogP contribution < -0.4 is 9.80 Å². The summed E-state index contributed by atoms with van der Waals surface area (Å²) in [6.07, 6.45) is 6.40. The van der Waals surface area contributed by atoms with E-state index < -0.39 is 0 Å². The van der Waals surface area contributed by atoms with Gasteiger partial charge >= 0.3 is 0 Å². The fourth-order valence-electron chi connectivity index (χ4n) is 3.60. The molecule has 1 saturated carbocycles. The number of aromatic nitrogens is 1. The summed E-state index contributed by atoms with van der Waals surface area (Å²) in [7, 11) is 0. The minimum atomic E-state index is -0.128. The molecule has 1 aliphatic heterocycles. The molecule has 122 valence electrons. The summed E-state index contributed by atoms with van der Waals surface area (Å²) in [5.41, 5.74) is 3.34. The molecular formula is C19H18FN3S. The van der Waals surface area contributed by atoms with Gasteiger partial charge in [0.05, 0.1) is 24.2 Å². The van der Waals surface area contributed by atoms with Crippen molar-refractivity contribution >= 4 is 32.8 Å². The highest BCUT2D eigenvalue weighted by molar-refractivity contribution is 7.17. The second-order valence-corrected chi connectivity index (χ2v) is 7.59. The lowest BCUT2D eigenvalue weighted by Gasteiger charge is -2.23. The number of fused-ring (bicyclic) bond motifs is 1. The molecule has 1 aliphatic carbocycles. The van der Waals surface area contributed by atoms with Gasteiger partial charge in [0.15, 0.2) is 0 Å². The van der Waals surface area contributed by atoms with Crippen LogP contribution >= 0.6 is 11.3 Å². The number of thiophene rings is 1. The average Bonchev–Trinajstić information content (AvgIpc) is 3.15. The number of benzene rings is 1. The minimum absolute atomic E-state index is 0.128. The van der Waals surface area contributed by atoms with E-state index in [9.17, 15) is 4.39 Å². The Hall–Kier alpha value is -2.14.